The van der Waals surface area contributed by atoms with Crippen LogP contribution in [0.15, 0.2) is 160 Å². The number of hydrogen-bond donors (Lipinski definition) is 1. The normalized spacial score (nSPS) is 18.1. The number of ether oxygens (including phenoxy) is 3. The van der Waals surface area contributed by atoms with Crippen molar-refractivity contribution in [3.63, 3.8) is 0 Å². The molecule has 2 aliphatic rings. The quantitative estimate of drug-likeness (QED) is 0.119. The molecular formula is C42H39O6S+. The molecule has 49 heavy (non-hydrogen) atoms. The van der Waals surface area contributed by atoms with Gasteiger partial charge in [0.15, 0.2) is 26.3 Å². The maximum absolute atomic E-state index is 11.7. The van der Waals surface area contributed by atoms with Gasteiger partial charge >= 0.3 is 0 Å². The highest BCUT2D eigenvalue weighted by Gasteiger charge is 2.29. The van der Waals surface area contributed by atoms with Crippen molar-refractivity contribution in [2.75, 3.05) is 0 Å². The molecule has 0 fully saturated rings. The minimum Gasteiger partial charge on any atom is -0.486 e. The van der Waals surface area contributed by atoms with Gasteiger partial charge in [0.2, 0.25) is 0 Å². The predicted molar refractivity (Wildman–Crippen MR) is 193 cm³/mol. The van der Waals surface area contributed by atoms with E-state index in [1.807, 2.05) is 72.9 Å². The third-order valence-electron chi connectivity index (χ3n) is 8.38. The summed E-state index contributed by atoms with van der Waals surface area (Å²) in [6.07, 6.45) is 12.5. The summed E-state index contributed by atoms with van der Waals surface area (Å²) in [5.41, 5.74) is 1.36. The molecule has 1 N–H and O–H groups in total. The van der Waals surface area contributed by atoms with E-state index in [4.69, 9.17) is 14.2 Å². The number of rotatable bonds is 12. The first-order valence-corrected chi connectivity index (χ1v) is 17.6. The summed E-state index contributed by atoms with van der Waals surface area (Å²) in [6.45, 7) is 4.92. The standard InChI is InChI=1S/C42H39O6S/c1-28(43)31-4-10-34(11-5-31)46-37-16-22-40(23-17-37)49(41-24-18-38(19-25-41)47-35-12-6-32(7-13-35)29(2)44)42-26-20-39(21-27-42)48-36-14-8-33(9-15-36)30(3)45/h4-8,10-12,14-27,30,33,35,45H,9,13H2,1-3H3/q+1. The summed E-state index contributed by atoms with van der Waals surface area (Å²) in [6, 6.07) is 31.6. The maximum Gasteiger partial charge on any atom is 0.166 e. The lowest BCUT2D eigenvalue weighted by Crippen LogP contribution is -2.16. The van der Waals surface area contributed by atoms with Crippen LogP contribution in [0.4, 0.5) is 0 Å². The molecule has 0 spiro atoms. The molecule has 0 saturated heterocycles. The highest BCUT2D eigenvalue weighted by molar-refractivity contribution is 7.97. The molecule has 0 aromatic heterocycles. The summed E-state index contributed by atoms with van der Waals surface area (Å²) < 4.78 is 18.4. The van der Waals surface area contributed by atoms with Crippen LogP contribution in [0.3, 0.4) is 0 Å². The summed E-state index contributed by atoms with van der Waals surface area (Å²) >= 11 is 0. The van der Waals surface area contributed by atoms with Crippen LogP contribution in [0, 0.1) is 5.92 Å². The molecular weight excluding hydrogens is 633 g/mol. The van der Waals surface area contributed by atoms with Crippen molar-refractivity contribution in [3.8, 4) is 23.0 Å². The minimum absolute atomic E-state index is 0.0159. The van der Waals surface area contributed by atoms with Gasteiger partial charge in [-0.15, -0.1) is 0 Å². The summed E-state index contributed by atoms with van der Waals surface area (Å²) in [4.78, 5) is 26.7. The monoisotopic (exact) mass is 671 g/mol. The summed E-state index contributed by atoms with van der Waals surface area (Å²) in [5, 5.41) is 9.89. The number of allylic oxidation sites excluding steroid dienone is 4. The highest BCUT2D eigenvalue weighted by Crippen LogP contribution is 2.35. The van der Waals surface area contributed by atoms with Gasteiger partial charge in [-0.2, -0.15) is 0 Å². The lowest BCUT2D eigenvalue weighted by molar-refractivity contribution is -0.113. The number of ketones is 2. The van der Waals surface area contributed by atoms with Crippen LogP contribution in [0.2, 0.25) is 0 Å². The highest BCUT2D eigenvalue weighted by atomic mass is 32.2. The first kappa shape index (κ1) is 33.8. The van der Waals surface area contributed by atoms with Crippen molar-refractivity contribution < 1.29 is 28.9 Å². The Hall–Kier alpha value is -5.11. The Bertz CT molecular complexity index is 1900. The molecule has 248 valence electrons. The zero-order chi connectivity index (χ0) is 34.3. The smallest absolute Gasteiger partial charge is 0.166 e. The van der Waals surface area contributed by atoms with Gasteiger partial charge in [-0.3, -0.25) is 9.59 Å². The van der Waals surface area contributed by atoms with E-state index in [2.05, 4.69) is 36.4 Å². The molecule has 0 heterocycles. The summed E-state index contributed by atoms with van der Waals surface area (Å²) in [5.74, 6) is 3.81. The third-order valence-corrected chi connectivity index (χ3v) is 10.6. The van der Waals surface area contributed by atoms with Gasteiger partial charge in [-0.05, 0) is 142 Å². The Morgan fingerprint density at radius 3 is 1.63 bits per heavy atom. The average Bonchev–Trinajstić information content (AvgIpc) is 3.11. The maximum atomic E-state index is 11.7. The second-order valence-electron chi connectivity index (χ2n) is 12.1. The first-order chi connectivity index (χ1) is 23.7. The van der Waals surface area contributed by atoms with Crippen LogP contribution in [0.1, 0.15) is 44.0 Å². The van der Waals surface area contributed by atoms with E-state index in [0.29, 0.717) is 23.5 Å². The zero-order valence-electron chi connectivity index (χ0n) is 27.7. The summed E-state index contributed by atoms with van der Waals surface area (Å²) in [7, 11) is -0.449. The van der Waals surface area contributed by atoms with E-state index in [9.17, 15) is 14.7 Å². The van der Waals surface area contributed by atoms with Crippen LogP contribution < -0.4 is 14.2 Å². The fourth-order valence-electron chi connectivity index (χ4n) is 5.55. The third kappa shape index (κ3) is 8.68. The second-order valence-corrected chi connectivity index (χ2v) is 14.1. The van der Waals surface area contributed by atoms with E-state index in [1.54, 1.807) is 45.0 Å². The van der Waals surface area contributed by atoms with Crippen LogP contribution in [-0.4, -0.2) is 28.9 Å². The molecule has 7 heteroatoms. The topological polar surface area (TPSA) is 82.1 Å². The molecule has 4 unspecified atom stereocenters. The Labute approximate surface area is 290 Å². The van der Waals surface area contributed by atoms with Crippen LogP contribution in [-0.2, 0) is 15.7 Å². The van der Waals surface area contributed by atoms with E-state index in [-0.39, 0.29) is 23.6 Å². The van der Waals surface area contributed by atoms with E-state index >= 15 is 0 Å². The van der Waals surface area contributed by atoms with Gasteiger partial charge in [0, 0.05) is 23.5 Å². The SMILES string of the molecule is CC(=O)C1=CCC(Oc2ccc([S+](c3ccc(OC4=CCC(C(C)O)C=C4)cc3)c3ccc(Oc4ccc(C(C)=O)cc4)cc3)cc2)C=C1. The Morgan fingerprint density at radius 1 is 0.653 bits per heavy atom. The van der Waals surface area contributed by atoms with Crippen molar-refractivity contribution in [2.24, 2.45) is 5.92 Å². The Morgan fingerprint density at radius 2 is 1.18 bits per heavy atom. The lowest BCUT2D eigenvalue weighted by Gasteiger charge is -2.19. The van der Waals surface area contributed by atoms with E-state index in [0.717, 1.165) is 43.9 Å². The number of carbonyl (C=O) groups excluding carboxylic acids is 2. The molecule has 0 amide bonds. The van der Waals surface area contributed by atoms with Crippen molar-refractivity contribution in [1.82, 2.24) is 0 Å². The number of Topliss-reactive ketones (excluding diaryl/α,β-unsaturated/α-hetero) is 2. The molecule has 4 aromatic rings. The second kappa shape index (κ2) is 15.4. The van der Waals surface area contributed by atoms with Gasteiger partial charge in [0.25, 0.3) is 0 Å². The van der Waals surface area contributed by atoms with Crippen LogP contribution in [0.5, 0.6) is 23.0 Å². The molecule has 0 bridgehead atoms. The fourth-order valence-corrected chi connectivity index (χ4v) is 7.60. The van der Waals surface area contributed by atoms with Gasteiger partial charge in [-0.1, -0.05) is 18.2 Å². The fraction of sp³-hybridized carbons (Fsp3) is 0.190. The largest absolute Gasteiger partial charge is 0.486 e. The molecule has 6 nitrogen and oxygen atoms in total. The van der Waals surface area contributed by atoms with Gasteiger partial charge in [0.05, 0.1) is 17.0 Å². The van der Waals surface area contributed by atoms with Gasteiger partial charge in [-0.25, -0.2) is 0 Å². The molecule has 0 aliphatic heterocycles. The molecule has 4 atom stereocenters. The number of aliphatic hydroxyl groups excluding tert-OH is 1. The van der Waals surface area contributed by atoms with E-state index in [1.165, 1.54) is 0 Å². The van der Waals surface area contributed by atoms with Crippen molar-refractivity contribution in [3.05, 3.63) is 150 Å². The van der Waals surface area contributed by atoms with Gasteiger partial charge in [0.1, 0.15) is 34.9 Å². The molecule has 4 aromatic carbocycles. The van der Waals surface area contributed by atoms with Crippen molar-refractivity contribution in [2.45, 2.75) is 60.5 Å². The Balaban J connectivity index is 1.22. The van der Waals surface area contributed by atoms with Gasteiger partial charge < -0.3 is 19.3 Å². The predicted octanol–water partition coefficient (Wildman–Crippen LogP) is 9.22. The van der Waals surface area contributed by atoms with Crippen LogP contribution >= 0.6 is 0 Å². The molecule has 2 aliphatic carbocycles. The van der Waals surface area contributed by atoms with Crippen molar-refractivity contribution in [1.29, 1.82) is 0 Å². The number of hydrogen-bond acceptors (Lipinski definition) is 6. The zero-order valence-corrected chi connectivity index (χ0v) is 28.6. The Kier molecular flexibility index (Phi) is 10.6. The van der Waals surface area contributed by atoms with Crippen LogP contribution in [0.25, 0.3) is 0 Å². The minimum atomic E-state index is -0.449. The average molecular weight is 672 g/mol. The lowest BCUT2D eigenvalue weighted by atomic mass is 9.95. The molecule has 6 rings (SSSR count). The number of benzene rings is 4. The number of carbonyl (C=O) groups is 2. The van der Waals surface area contributed by atoms with Crippen molar-refractivity contribution >= 4 is 22.5 Å². The molecule has 0 radical (unpaired) electrons. The number of aliphatic hydroxyl groups is 1. The molecule has 0 saturated carbocycles. The van der Waals surface area contributed by atoms with E-state index < -0.39 is 17.0 Å². The first-order valence-electron chi connectivity index (χ1n) is 16.4.